The summed E-state index contributed by atoms with van der Waals surface area (Å²) < 4.78 is 0. The molecule has 3 nitrogen and oxygen atoms in total. The van der Waals surface area contributed by atoms with Gasteiger partial charge in [0.15, 0.2) is 0 Å². The van der Waals surface area contributed by atoms with Gasteiger partial charge in [-0.25, -0.2) is 4.98 Å². The van der Waals surface area contributed by atoms with Crippen molar-refractivity contribution in [3.8, 4) is 0 Å². The van der Waals surface area contributed by atoms with Gasteiger partial charge in [0, 0.05) is 25.3 Å². The van der Waals surface area contributed by atoms with Gasteiger partial charge in [-0.15, -0.1) is 0 Å². The number of rotatable bonds is 2. The van der Waals surface area contributed by atoms with Gasteiger partial charge in [-0.05, 0) is 38.4 Å². The molecule has 102 valence electrons. The second-order valence-electron chi connectivity index (χ2n) is 4.62. The van der Waals surface area contributed by atoms with Crippen LogP contribution in [0.5, 0.6) is 0 Å². The minimum Gasteiger partial charge on any atom is -0.355 e. The first-order chi connectivity index (χ1) is 8.79. The van der Waals surface area contributed by atoms with E-state index in [1.54, 1.807) is 0 Å². The Kier molecular flexibility index (Phi) is 6.73. The lowest BCUT2D eigenvalue weighted by Gasteiger charge is -2.25. The molecule has 0 spiro atoms. The molecule has 0 aliphatic carbocycles. The summed E-state index contributed by atoms with van der Waals surface area (Å²) >= 11 is 0. The third-order valence-corrected chi connectivity index (χ3v) is 3.30. The highest BCUT2D eigenvalue weighted by atomic mass is 15.2. The zero-order chi connectivity index (χ0) is 13.4. The normalized spacial score (nSPS) is 19.8. The third kappa shape index (κ3) is 4.30. The fourth-order valence-corrected chi connectivity index (χ4v) is 2.23. The molecule has 1 aliphatic rings. The average Bonchev–Trinajstić information content (AvgIpc) is 2.67. The Balaban J connectivity index is 0.000000771. The van der Waals surface area contributed by atoms with Crippen molar-refractivity contribution in [2.45, 2.75) is 46.1 Å². The molecule has 0 saturated carbocycles. The fraction of sp³-hybridized carbons (Fsp3) is 0.667. The lowest BCUT2D eigenvalue weighted by atomic mass is 10.1. The summed E-state index contributed by atoms with van der Waals surface area (Å²) in [6.07, 6.45) is 5.81. The van der Waals surface area contributed by atoms with Crippen LogP contribution in [0, 0.1) is 6.92 Å². The number of nitrogens with one attached hydrogen (secondary N) is 1. The van der Waals surface area contributed by atoms with Crippen LogP contribution >= 0.6 is 0 Å². The van der Waals surface area contributed by atoms with Crippen molar-refractivity contribution in [3.63, 3.8) is 0 Å². The van der Waals surface area contributed by atoms with Gasteiger partial charge in [0.25, 0.3) is 0 Å². The highest BCUT2D eigenvalue weighted by Crippen LogP contribution is 2.17. The Morgan fingerprint density at radius 3 is 2.67 bits per heavy atom. The molecule has 1 aliphatic heterocycles. The van der Waals surface area contributed by atoms with Crippen molar-refractivity contribution in [1.29, 1.82) is 0 Å². The van der Waals surface area contributed by atoms with Gasteiger partial charge in [0.2, 0.25) is 0 Å². The molecule has 1 aromatic heterocycles. The molecule has 1 fully saturated rings. The number of nitrogens with zero attached hydrogens (tertiary/aromatic N) is 2. The zero-order valence-electron chi connectivity index (χ0n) is 12.2. The zero-order valence-corrected chi connectivity index (χ0v) is 12.2. The van der Waals surface area contributed by atoms with Gasteiger partial charge in [-0.1, -0.05) is 26.3 Å². The van der Waals surface area contributed by atoms with Crippen LogP contribution in [0.3, 0.4) is 0 Å². The van der Waals surface area contributed by atoms with Gasteiger partial charge < -0.3 is 10.2 Å². The summed E-state index contributed by atoms with van der Waals surface area (Å²) in [5.41, 5.74) is 1.23. The largest absolute Gasteiger partial charge is 0.355 e. The highest BCUT2D eigenvalue weighted by Gasteiger charge is 2.17. The predicted molar refractivity (Wildman–Crippen MR) is 79.2 cm³/mol. The lowest BCUT2D eigenvalue weighted by Crippen LogP contribution is -2.38. The van der Waals surface area contributed by atoms with Crippen LogP contribution in [0.2, 0.25) is 0 Å². The molecule has 1 saturated heterocycles. The van der Waals surface area contributed by atoms with Crippen LogP contribution in [-0.4, -0.2) is 31.2 Å². The maximum absolute atomic E-state index is 4.51. The standard InChI is InChI=1S/C13H21N3.C2H6/c1-11-6-7-13(15-9-11)16-8-4-3-5-12(10-16)14-2;1-2/h6-7,9,12,14H,3-5,8,10H2,1-2H3;1-2H3. The van der Waals surface area contributed by atoms with Crippen molar-refractivity contribution in [2.24, 2.45) is 0 Å². The molecule has 1 aromatic rings. The molecule has 0 aromatic carbocycles. The summed E-state index contributed by atoms with van der Waals surface area (Å²) in [7, 11) is 2.05. The second-order valence-corrected chi connectivity index (χ2v) is 4.62. The van der Waals surface area contributed by atoms with Gasteiger partial charge in [-0.3, -0.25) is 0 Å². The van der Waals surface area contributed by atoms with E-state index < -0.39 is 0 Å². The van der Waals surface area contributed by atoms with Crippen molar-refractivity contribution in [2.75, 3.05) is 25.0 Å². The van der Waals surface area contributed by atoms with E-state index in [0.717, 1.165) is 18.9 Å². The minimum atomic E-state index is 0.602. The topological polar surface area (TPSA) is 28.2 Å². The van der Waals surface area contributed by atoms with Crippen molar-refractivity contribution in [3.05, 3.63) is 23.9 Å². The predicted octanol–water partition coefficient (Wildman–Crippen LogP) is 2.99. The fourth-order valence-electron chi connectivity index (χ4n) is 2.23. The van der Waals surface area contributed by atoms with Gasteiger partial charge in [0.05, 0.1) is 0 Å². The van der Waals surface area contributed by atoms with Crippen LogP contribution in [0.1, 0.15) is 38.7 Å². The molecular formula is C15H27N3. The van der Waals surface area contributed by atoms with E-state index >= 15 is 0 Å². The van der Waals surface area contributed by atoms with Crippen LogP contribution in [-0.2, 0) is 0 Å². The summed E-state index contributed by atoms with van der Waals surface area (Å²) in [4.78, 5) is 6.91. The number of hydrogen-bond donors (Lipinski definition) is 1. The first-order valence-electron chi connectivity index (χ1n) is 7.14. The first-order valence-corrected chi connectivity index (χ1v) is 7.14. The number of likely N-dealkylation sites (N-methyl/N-ethyl adjacent to an activating group) is 1. The molecule has 1 N–H and O–H groups in total. The first kappa shape index (κ1) is 15.0. The molecule has 2 heterocycles. The summed E-state index contributed by atoms with van der Waals surface area (Å²) in [6.45, 7) is 8.29. The Bertz CT molecular complexity index is 321. The van der Waals surface area contributed by atoms with Gasteiger partial charge in [-0.2, -0.15) is 0 Å². The summed E-state index contributed by atoms with van der Waals surface area (Å²) in [5, 5.41) is 3.39. The summed E-state index contributed by atoms with van der Waals surface area (Å²) in [6, 6.07) is 4.88. The van der Waals surface area contributed by atoms with Crippen LogP contribution < -0.4 is 10.2 Å². The van der Waals surface area contributed by atoms with E-state index in [-0.39, 0.29) is 0 Å². The molecule has 1 atom stereocenters. The van der Waals surface area contributed by atoms with Crippen molar-refractivity contribution in [1.82, 2.24) is 10.3 Å². The molecule has 1 unspecified atom stereocenters. The van der Waals surface area contributed by atoms with E-state index in [2.05, 4.69) is 41.3 Å². The molecule has 2 rings (SSSR count). The SMILES string of the molecule is CC.CNC1CCCCN(c2ccc(C)cn2)C1. The molecule has 18 heavy (non-hydrogen) atoms. The van der Waals surface area contributed by atoms with Crippen molar-refractivity contribution < 1.29 is 0 Å². The molecular weight excluding hydrogens is 222 g/mol. The maximum Gasteiger partial charge on any atom is 0.128 e. The number of aryl methyl sites for hydroxylation is 1. The Morgan fingerprint density at radius 2 is 2.06 bits per heavy atom. The van der Waals surface area contributed by atoms with E-state index in [9.17, 15) is 0 Å². The molecule has 0 radical (unpaired) electrons. The Morgan fingerprint density at radius 1 is 1.28 bits per heavy atom. The molecule has 3 heteroatoms. The third-order valence-electron chi connectivity index (χ3n) is 3.30. The van der Waals surface area contributed by atoms with E-state index in [0.29, 0.717) is 6.04 Å². The number of anilines is 1. The Hall–Kier alpha value is -1.09. The van der Waals surface area contributed by atoms with E-state index in [4.69, 9.17) is 0 Å². The van der Waals surface area contributed by atoms with Crippen LogP contribution in [0.15, 0.2) is 18.3 Å². The molecule has 0 bridgehead atoms. The number of hydrogen-bond acceptors (Lipinski definition) is 3. The minimum absolute atomic E-state index is 0.602. The van der Waals surface area contributed by atoms with Crippen LogP contribution in [0.4, 0.5) is 5.82 Å². The quantitative estimate of drug-likeness (QED) is 0.873. The maximum atomic E-state index is 4.51. The van der Waals surface area contributed by atoms with Gasteiger partial charge in [0.1, 0.15) is 5.82 Å². The lowest BCUT2D eigenvalue weighted by molar-refractivity contribution is 0.531. The van der Waals surface area contributed by atoms with E-state index in [1.165, 1.54) is 24.8 Å². The second kappa shape index (κ2) is 8.09. The number of aromatic nitrogens is 1. The molecule has 0 amide bonds. The van der Waals surface area contributed by atoms with E-state index in [1.807, 2.05) is 20.0 Å². The smallest absolute Gasteiger partial charge is 0.128 e. The Labute approximate surface area is 112 Å². The monoisotopic (exact) mass is 249 g/mol. The average molecular weight is 249 g/mol. The van der Waals surface area contributed by atoms with Crippen molar-refractivity contribution >= 4 is 5.82 Å². The number of pyridine rings is 1. The summed E-state index contributed by atoms with van der Waals surface area (Å²) in [5.74, 6) is 1.12. The van der Waals surface area contributed by atoms with Gasteiger partial charge >= 0.3 is 0 Å². The van der Waals surface area contributed by atoms with Crippen LogP contribution in [0.25, 0.3) is 0 Å². The highest BCUT2D eigenvalue weighted by molar-refractivity contribution is 5.39.